The number of esters is 3. The molecule has 0 aromatic carbocycles. The molecular weight excluding hydrogens is 787 g/mol. The van der Waals surface area contributed by atoms with Gasteiger partial charge in [-0.2, -0.15) is 0 Å². The Morgan fingerprint density at radius 1 is 0.935 bits per heavy atom. The van der Waals surface area contributed by atoms with Crippen LogP contribution in [0.5, 0.6) is 0 Å². The molecule has 0 amide bonds. The van der Waals surface area contributed by atoms with Gasteiger partial charge in [-0.3, -0.25) is 9.59 Å². The number of carbonyl (C=O) groups excluding carboxylic acids is 3. The first kappa shape index (κ1) is 49.5. The lowest BCUT2D eigenvalue weighted by Gasteiger charge is -2.34. The number of rotatable bonds is 22. The highest BCUT2D eigenvalue weighted by Crippen LogP contribution is 2.46. The van der Waals surface area contributed by atoms with Crippen molar-refractivity contribution in [3.63, 3.8) is 0 Å². The van der Waals surface area contributed by atoms with E-state index in [0.29, 0.717) is 31.6 Å². The predicted octanol–water partition coefficient (Wildman–Crippen LogP) is 11.1. The SMILES string of the molecule is CCCCCCCCCCCCCCCC(=O)OC1CC(C(C)C(OC)\C(C)=C/C=C/C(C)=C/c2coc(C)n2)OC(=O)C2OC2CC2CC(=O)OC(C2)C(C)/C=C/C2OC21C. The van der Waals surface area contributed by atoms with E-state index in [-0.39, 0.29) is 54.4 Å². The molecule has 0 spiro atoms. The van der Waals surface area contributed by atoms with Gasteiger partial charge < -0.3 is 32.8 Å². The summed E-state index contributed by atoms with van der Waals surface area (Å²) in [6.45, 7) is 14.1. The van der Waals surface area contributed by atoms with E-state index in [1.54, 1.807) is 13.4 Å². The molecule has 0 saturated carbocycles. The standard InChI is InChI=1S/C51H77NO10/c1-9-10-11-12-13-14-15-16-17-18-19-20-21-25-46(53)61-45-32-42(37(5)48(56-8)36(4)24-22-23-34(2)28-40-33-57-38(6)52-40)60-50(55)49-43(59-49)30-39-29-41(58-47(54)31-39)35(3)26-27-44-51(45,7)62-44/h22-24,26-28,33,35,37,39,41-45,48-49H,9-21,25,29-32H2,1-8H3/b23-22+,27-26+,34-28+,36-24-. The zero-order chi connectivity index (χ0) is 44.6. The fourth-order valence-corrected chi connectivity index (χ4v) is 9.29. The lowest BCUT2D eigenvalue weighted by Crippen LogP contribution is -2.43. The van der Waals surface area contributed by atoms with Gasteiger partial charge in [0.15, 0.2) is 12.0 Å². The minimum absolute atomic E-state index is 0.0425. The predicted molar refractivity (Wildman–Crippen MR) is 240 cm³/mol. The molecule has 4 aliphatic rings. The third-order valence-corrected chi connectivity index (χ3v) is 13.4. The van der Waals surface area contributed by atoms with E-state index in [2.05, 4.69) is 18.0 Å². The average molecular weight is 864 g/mol. The van der Waals surface area contributed by atoms with Crippen LogP contribution in [0, 0.1) is 24.7 Å². The molecule has 3 fully saturated rings. The van der Waals surface area contributed by atoms with Crippen molar-refractivity contribution in [2.45, 2.75) is 212 Å². The number of epoxide rings is 2. The molecule has 11 atom stereocenters. The molecule has 62 heavy (non-hydrogen) atoms. The number of ether oxygens (including phenoxy) is 6. The average Bonchev–Trinajstić information content (AvgIpc) is 4.11. The molecule has 5 heterocycles. The first-order valence-corrected chi connectivity index (χ1v) is 23.9. The molecule has 11 nitrogen and oxygen atoms in total. The maximum Gasteiger partial charge on any atom is 0.338 e. The molecule has 0 N–H and O–H groups in total. The highest BCUT2D eigenvalue weighted by Gasteiger charge is 2.59. The number of cyclic esters (lactones) is 1. The summed E-state index contributed by atoms with van der Waals surface area (Å²) >= 11 is 0. The number of allylic oxidation sites excluding steroid dienone is 4. The van der Waals surface area contributed by atoms with Crippen LogP contribution in [-0.4, -0.2) is 78.3 Å². The number of hydrogen-bond acceptors (Lipinski definition) is 11. The summed E-state index contributed by atoms with van der Waals surface area (Å²) in [5.74, 6) is -0.712. The zero-order valence-corrected chi connectivity index (χ0v) is 39.1. The van der Waals surface area contributed by atoms with Crippen molar-refractivity contribution in [3.8, 4) is 0 Å². The summed E-state index contributed by atoms with van der Waals surface area (Å²) in [7, 11) is 1.65. The largest absolute Gasteiger partial charge is 0.462 e. The van der Waals surface area contributed by atoms with Crippen LogP contribution in [0.3, 0.4) is 0 Å². The van der Waals surface area contributed by atoms with Crippen LogP contribution in [0.4, 0.5) is 0 Å². The molecule has 346 valence electrons. The van der Waals surface area contributed by atoms with Crippen LogP contribution in [-0.2, 0) is 42.8 Å². The maximum atomic E-state index is 13.9. The Morgan fingerprint density at radius 3 is 2.24 bits per heavy atom. The number of hydrogen-bond donors (Lipinski definition) is 0. The van der Waals surface area contributed by atoms with E-state index in [1.165, 1.54) is 64.2 Å². The number of nitrogens with zero attached hydrogens (tertiary/aromatic N) is 1. The van der Waals surface area contributed by atoms with Gasteiger partial charge in [-0.25, -0.2) is 9.78 Å². The summed E-state index contributed by atoms with van der Waals surface area (Å²) in [4.78, 5) is 44.6. The second-order valence-electron chi connectivity index (χ2n) is 18.8. The summed E-state index contributed by atoms with van der Waals surface area (Å²) in [6, 6.07) is 0. The minimum Gasteiger partial charge on any atom is -0.462 e. The molecule has 11 heteroatoms. The Bertz CT molecular complexity index is 1710. The number of oxazole rings is 1. The second kappa shape index (κ2) is 24.5. The molecular formula is C51H77NO10. The van der Waals surface area contributed by atoms with Gasteiger partial charge in [0.05, 0.1) is 12.2 Å². The van der Waals surface area contributed by atoms with Gasteiger partial charge in [0.1, 0.15) is 42.0 Å². The van der Waals surface area contributed by atoms with Crippen molar-refractivity contribution in [2.75, 3.05) is 7.11 Å². The Morgan fingerprint density at radius 2 is 1.60 bits per heavy atom. The molecule has 11 unspecified atom stereocenters. The number of aromatic nitrogens is 1. The van der Waals surface area contributed by atoms with Gasteiger partial charge in [-0.15, -0.1) is 0 Å². The first-order valence-electron chi connectivity index (χ1n) is 23.9. The van der Waals surface area contributed by atoms with E-state index in [4.69, 9.17) is 32.8 Å². The highest BCUT2D eigenvalue weighted by atomic mass is 16.7. The zero-order valence-electron chi connectivity index (χ0n) is 39.1. The fraction of sp³-hybridized carbons (Fsp3) is 0.725. The molecule has 0 aliphatic carbocycles. The molecule has 0 radical (unpaired) electrons. The number of aryl methyl sites for hydroxylation is 1. The van der Waals surface area contributed by atoms with Crippen molar-refractivity contribution in [2.24, 2.45) is 17.8 Å². The van der Waals surface area contributed by atoms with Gasteiger partial charge >= 0.3 is 17.9 Å². The topological polar surface area (TPSA) is 139 Å². The summed E-state index contributed by atoms with van der Waals surface area (Å²) in [5, 5.41) is 0. The fourth-order valence-electron chi connectivity index (χ4n) is 9.29. The van der Waals surface area contributed by atoms with E-state index < -0.39 is 36.0 Å². The minimum atomic E-state index is -0.851. The summed E-state index contributed by atoms with van der Waals surface area (Å²) in [6.07, 6.45) is 28.0. The van der Waals surface area contributed by atoms with Crippen LogP contribution in [0.2, 0.25) is 0 Å². The van der Waals surface area contributed by atoms with Crippen molar-refractivity contribution < 1.29 is 47.2 Å². The van der Waals surface area contributed by atoms with Crippen molar-refractivity contribution in [1.29, 1.82) is 0 Å². The number of fused-ring (bicyclic) bond motifs is 4. The Balaban J connectivity index is 1.27. The molecule has 1 aromatic heterocycles. The van der Waals surface area contributed by atoms with Crippen LogP contribution in [0.15, 0.2) is 52.2 Å². The van der Waals surface area contributed by atoms with Crippen molar-refractivity contribution in [3.05, 3.63) is 59.4 Å². The molecule has 1 aromatic rings. The normalized spacial score (nSPS) is 30.8. The van der Waals surface area contributed by atoms with Gasteiger partial charge in [-0.1, -0.05) is 128 Å². The van der Waals surface area contributed by atoms with Crippen molar-refractivity contribution >= 4 is 24.0 Å². The van der Waals surface area contributed by atoms with E-state index in [1.807, 2.05) is 71.9 Å². The summed E-state index contributed by atoms with van der Waals surface area (Å²) in [5.41, 5.74) is 1.83. The highest BCUT2D eigenvalue weighted by molar-refractivity contribution is 5.78. The molecule has 2 bridgehead atoms. The van der Waals surface area contributed by atoms with E-state index in [9.17, 15) is 14.4 Å². The quantitative estimate of drug-likeness (QED) is 0.0275. The monoisotopic (exact) mass is 864 g/mol. The maximum absolute atomic E-state index is 13.9. The van der Waals surface area contributed by atoms with E-state index in [0.717, 1.165) is 36.1 Å². The van der Waals surface area contributed by atoms with Crippen LogP contribution in [0.25, 0.3) is 6.08 Å². The lowest BCUT2D eigenvalue weighted by atomic mass is 9.84. The van der Waals surface area contributed by atoms with Gasteiger partial charge in [0.2, 0.25) is 0 Å². The van der Waals surface area contributed by atoms with Gasteiger partial charge in [-0.05, 0) is 63.2 Å². The number of unbranched alkanes of at least 4 members (excludes halogenated alkanes) is 12. The first-order chi connectivity index (χ1) is 29.8. The lowest BCUT2D eigenvalue weighted by molar-refractivity contribution is -0.164. The second-order valence-corrected chi connectivity index (χ2v) is 18.8. The number of methoxy groups -OCH3 is 1. The number of carbonyl (C=O) groups is 3. The van der Waals surface area contributed by atoms with Gasteiger partial charge in [0, 0.05) is 45.1 Å². The van der Waals surface area contributed by atoms with E-state index >= 15 is 0 Å². The van der Waals surface area contributed by atoms with Crippen LogP contribution >= 0.6 is 0 Å². The Kier molecular flexibility index (Phi) is 19.6. The molecule has 4 aliphatic heterocycles. The smallest absolute Gasteiger partial charge is 0.338 e. The van der Waals surface area contributed by atoms with Crippen LogP contribution in [0.1, 0.15) is 169 Å². The molecule has 3 saturated heterocycles. The third kappa shape index (κ3) is 15.3. The summed E-state index contributed by atoms with van der Waals surface area (Å²) < 4.78 is 42.3. The Hall–Kier alpha value is -3.54. The van der Waals surface area contributed by atoms with Gasteiger partial charge in [0.25, 0.3) is 0 Å². The third-order valence-electron chi connectivity index (χ3n) is 13.4. The van der Waals surface area contributed by atoms with Crippen LogP contribution < -0.4 is 0 Å². The Labute approximate surface area is 371 Å². The molecule has 5 rings (SSSR count). The van der Waals surface area contributed by atoms with Crippen molar-refractivity contribution in [1.82, 2.24) is 4.98 Å².